The van der Waals surface area contributed by atoms with E-state index in [1.807, 2.05) is 0 Å². The van der Waals surface area contributed by atoms with Gasteiger partial charge in [0.15, 0.2) is 0 Å². The molecule has 0 aliphatic rings. The van der Waals surface area contributed by atoms with Crippen LogP contribution in [0.4, 0.5) is 18.0 Å². The average molecular weight is 317 g/mol. The third-order valence-electron chi connectivity index (χ3n) is 2.74. The highest BCUT2D eigenvalue weighted by molar-refractivity contribution is 5.75. The average Bonchev–Trinajstić information content (AvgIpc) is 2.33. The van der Waals surface area contributed by atoms with Crippen molar-refractivity contribution < 1.29 is 27.5 Å². The maximum atomic E-state index is 12.6. The van der Waals surface area contributed by atoms with Crippen LogP contribution >= 0.6 is 0 Å². The first-order valence-electron chi connectivity index (χ1n) is 6.56. The van der Waals surface area contributed by atoms with Crippen LogP contribution in [0.25, 0.3) is 0 Å². The number of benzene rings is 1. The molecule has 1 N–H and O–H groups in total. The Morgan fingerprint density at radius 1 is 1.27 bits per heavy atom. The molecule has 0 aliphatic heterocycles. The molecule has 1 atom stereocenters. The number of halogens is 3. The first-order valence-corrected chi connectivity index (χ1v) is 6.56. The lowest BCUT2D eigenvalue weighted by Gasteiger charge is -2.22. The smallest absolute Gasteiger partial charge is 0.416 e. The molecule has 122 valence electrons. The molecule has 0 saturated carbocycles. The minimum atomic E-state index is -4.46. The molecule has 1 amide bonds. The molecule has 0 saturated heterocycles. The molecule has 1 rings (SSSR count). The van der Waals surface area contributed by atoms with Crippen molar-refractivity contribution in [3.63, 3.8) is 0 Å². The molecule has 7 heteroatoms. The number of carbonyl (C=O) groups excluding carboxylic acids is 2. The van der Waals surface area contributed by atoms with Crippen LogP contribution in [0, 0.1) is 6.92 Å². The van der Waals surface area contributed by atoms with Crippen molar-refractivity contribution in [2.75, 3.05) is 0 Å². The van der Waals surface area contributed by atoms with Gasteiger partial charge in [0.25, 0.3) is 0 Å². The van der Waals surface area contributed by atoms with Gasteiger partial charge in [-0.2, -0.15) is 13.2 Å². The molecule has 0 aromatic heterocycles. The van der Waals surface area contributed by atoms with Crippen molar-refractivity contribution in [2.24, 2.45) is 0 Å². The summed E-state index contributed by atoms with van der Waals surface area (Å²) in [5.41, 5.74) is -1.01. The quantitative estimate of drug-likeness (QED) is 0.863. The summed E-state index contributed by atoms with van der Waals surface area (Å²) >= 11 is 0. The van der Waals surface area contributed by atoms with Crippen LogP contribution in [0.15, 0.2) is 18.2 Å². The molecular formula is C15H18F3NO3. The van der Waals surface area contributed by atoms with Crippen molar-refractivity contribution >= 4 is 12.4 Å². The minimum absolute atomic E-state index is 0.253. The van der Waals surface area contributed by atoms with Gasteiger partial charge in [0.05, 0.1) is 5.56 Å². The number of rotatable bonds is 3. The number of alkyl halides is 3. The van der Waals surface area contributed by atoms with Crippen LogP contribution in [-0.2, 0) is 15.7 Å². The van der Waals surface area contributed by atoms with Crippen LogP contribution < -0.4 is 5.32 Å². The monoisotopic (exact) mass is 317 g/mol. The number of alkyl carbamates (subject to hydrolysis) is 1. The first kappa shape index (κ1) is 18.0. The minimum Gasteiger partial charge on any atom is -0.444 e. The Hall–Kier alpha value is -2.05. The molecule has 0 spiro atoms. The number of nitrogens with one attached hydrogen (secondary N) is 1. The Balaban J connectivity index is 2.97. The van der Waals surface area contributed by atoms with Gasteiger partial charge in [-0.3, -0.25) is 0 Å². The van der Waals surface area contributed by atoms with Crippen LogP contribution in [0.2, 0.25) is 0 Å². The summed E-state index contributed by atoms with van der Waals surface area (Å²) in [6, 6.07) is 1.91. The fourth-order valence-electron chi connectivity index (χ4n) is 1.82. The number of hydrogen-bond acceptors (Lipinski definition) is 3. The molecule has 0 radical (unpaired) electrons. The van der Waals surface area contributed by atoms with Gasteiger partial charge in [0.1, 0.15) is 17.9 Å². The molecule has 0 bridgehead atoms. The van der Waals surface area contributed by atoms with Crippen molar-refractivity contribution in [3.05, 3.63) is 34.9 Å². The maximum absolute atomic E-state index is 12.6. The third-order valence-corrected chi connectivity index (χ3v) is 2.74. The molecule has 1 aromatic carbocycles. The number of hydrogen-bond donors (Lipinski definition) is 1. The van der Waals surface area contributed by atoms with E-state index in [0.29, 0.717) is 6.29 Å². The standard InChI is InChI=1S/C15H18F3NO3/c1-9-7-10(15(16,17)18)5-6-11(9)12(8-20)19-13(21)22-14(2,3)4/h5-8,12H,1-4H3,(H,19,21). The van der Waals surface area contributed by atoms with Gasteiger partial charge in [-0.25, -0.2) is 4.79 Å². The summed E-state index contributed by atoms with van der Waals surface area (Å²) < 4.78 is 42.9. The molecule has 0 heterocycles. The van der Waals surface area contributed by atoms with E-state index >= 15 is 0 Å². The van der Waals surface area contributed by atoms with Crippen LogP contribution in [0.3, 0.4) is 0 Å². The Kier molecular flexibility index (Phi) is 5.22. The SMILES string of the molecule is Cc1cc(C(F)(F)F)ccc1C(C=O)NC(=O)OC(C)(C)C. The lowest BCUT2D eigenvalue weighted by atomic mass is 9.99. The maximum Gasteiger partial charge on any atom is 0.416 e. The summed E-state index contributed by atoms with van der Waals surface area (Å²) in [5.74, 6) is 0. The number of ether oxygens (including phenoxy) is 1. The molecule has 1 aromatic rings. The van der Waals surface area contributed by atoms with E-state index in [0.717, 1.165) is 12.1 Å². The highest BCUT2D eigenvalue weighted by Crippen LogP contribution is 2.31. The molecular weight excluding hydrogens is 299 g/mol. The summed E-state index contributed by atoms with van der Waals surface area (Å²) in [5, 5.41) is 2.33. The summed E-state index contributed by atoms with van der Waals surface area (Å²) in [4.78, 5) is 22.8. The lowest BCUT2D eigenvalue weighted by molar-refractivity contribution is -0.137. The number of carbonyl (C=O) groups is 2. The number of amides is 1. The van der Waals surface area contributed by atoms with E-state index in [-0.39, 0.29) is 11.1 Å². The van der Waals surface area contributed by atoms with E-state index in [1.165, 1.54) is 13.0 Å². The molecule has 0 fully saturated rings. The van der Waals surface area contributed by atoms with Crippen LogP contribution in [-0.4, -0.2) is 18.0 Å². The summed E-state index contributed by atoms with van der Waals surface area (Å²) in [6.45, 7) is 6.42. The number of aldehydes is 1. The van der Waals surface area contributed by atoms with E-state index in [2.05, 4.69) is 5.32 Å². The molecule has 22 heavy (non-hydrogen) atoms. The summed E-state index contributed by atoms with van der Waals surface area (Å²) in [7, 11) is 0. The third kappa shape index (κ3) is 5.05. The largest absolute Gasteiger partial charge is 0.444 e. The zero-order valence-corrected chi connectivity index (χ0v) is 12.7. The van der Waals surface area contributed by atoms with Crippen molar-refractivity contribution in [3.8, 4) is 0 Å². The topological polar surface area (TPSA) is 55.4 Å². The Morgan fingerprint density at radius 3 is 2.27 bits per heavy atom. The highest BCUT2D eigenvalue weighted by Gasteiger charge is 2.31. The second-order valence-electron chi connectivity index (χ2n) is 5.83. The van der Waals surface area contributed by atoms with Gasteiger partial charge >= 0.3 is 12.3 Å². The van der Waals surface area contributed by atoms with Crippen molar-refractivity contribution in [2.45, 2.75) is 45.5 Å². The second kappa shape index (κ2) is 6.37. The summed E-state index contributed by atoms with van der Waals surface area (Å²) in [6.07, 6.45) is -4.83. The Labute approximate surface area is 126 Å². The van der Waals surface area contributed by atoms with Crippen LogP contribution in [0.1, 0.15) is 43.5 Å². The van der Waals surface area contributed by atoms with Gasteiger partial charge < -0.3 is 14.8 Å². The molecule has 4 nitrogen and oxygen atoms in total. The highest BCUT2D eigenvalue weighted by atomic mass is 19.4. The van der Waals surface area contributed by atoms with Gasteiger partial charge in [-0.05, 0) is 51.0 Å². The van der Waals surface area contributed by atoms with Crippen LogP contribution in [0.5, 0.6) is 0 Å². The number of aryl methyl sites for hydroxylation is 1. The van der Waals surface area contributed by atoms with E-state index < -0.39 is 29.5 Å². The molecule has 1 unspecified atom stereocenters. The Bertz CT molecular complexity index is 562. The van der Waals surface area contributed by atoms with Gasteiger partial charge in [0, 0.05) is 0 Å². The Morgan fingerprint density at radius 2 is 1.86 bits per heavy atom. The predicted molar refractivity (Wildman–Crippen MR) is 74.4 cm³/mol. The second-order valence-corrected chi connectivity index (χ2v) is 5.83. The van der Waals surface area contributed by atoms with Gasteiger partial charge in [-0.15, -0.1) is 0 Å². The molecule has 0 aliphatic carbocycles. The zero-order valence-electron chi connectivity index (χ0n) is 12.7. The van der Waals surface area contributed by atoms with E-state index in [9.17, 15) is 22.8 Å². The fraction of sp³-hybridized carbons (Fsp3) is 0.467. The van der Waals surface area contributed by atoms with Gasteiger partial charge in [-0.1, -0.05) is 6.07 Å². The normalized spacial score (nSPS) is 13.4. The van der Waals surface area contributed by atoms with E-state index in [4.69, 9.17) is 4.74 Å². The van der Waals surface area contributed by atoms with Crippen molar-refractivity contribution in [1.82, 2.24) is 5.32 Å². The van der Waals surface area contributed by atoms with E-state index in [1.54, 1.807) is 20.8 Å². The zero-order chi connectivity index (χ0) is 17.1. The lowest BCUT2D eigenvalue weighted by Crippen LogP contribution is -2.35. The fourth-order valence-corrected chi connectivity index (χ4v) is 1.82. The first-order chi connectivity index (χ1) is 9.94. The van der Waals surface area contributed by atoms with Gasteiger partial charge in [0.2, 0.25) is 0 Å². The predicted octanol–water partition coefficient (Wildman–Crippen LogP) is 3.78. The van der Waals surface area contributed by atoms with Crippen molar-refractivity contribution in [1.29, 1.82) is 0 Å².